The third-order valence-electron chi connectivity index (χ3n) is 5.81. The minimum absolute atomic E-state index is 0.0812. The van der Waals surface area contributed by atoms with E-state index in [-0.39, 0.29) is 24.1 Å². The van der Waals surface area contributed by atoms with Crippen molar-refractivity contribution in [2.24, 2.45) is 0 Å². The van der Waals surface area contributed by atoms with E-state index in [0.717, 1.165) is 12.1 Å². The first-order chi connectivity index (χ1) is 17.0. The van der Waals surface area contributed by atoms with Gasteiger partial charge in [0.2, 0.25) is 0 Å². The summed E-state index contributed by atoms with van der Waals surface area (Å²) in [6.45, 7) is -1.48. The molecule has 2 aromatic carbocycles. The average molecular weight is 505 g/mol. The summed E-state index contributed by atoms with van der Waals surface area (Å²) in [5.41, 5.74) is 0.433. The number of hydrogen-bond donors (Lipinski definition) is 0. The zero-order valence-corrected chi connectivity index (χ0v) is 18.4. The van der Waals surface area contributed by atoms with Gasteiger partial charge in [0.15, 0.2) is 0 Å². The third kappa shape index (κ3) is 4.45. The predicted octanol–water partition coefficient (Wildman–Crippen LogP) is 5.23. The Morgan fingerprint density at radius 2 is 1.47 bits per heavy atom. The Morgan fingerprint density at radius 3 is 2.17 bits per heavy atom. The number of nitrogens with zero attached hydrogens (tertiary/aromatic N) is 5. The SMILES string of the molecule is O=c1n(Cc2nc3ccccc3n2Cc2ccc(C(F)(F)F)cc2)c2cnccc2n1CC(F)(F)F. The third-order valence-corrected chi connectivity index (χ3v) is 5.81. The van der Waals surface area contributed by atoms with Gasteiger partial charge in [0.05, 0.1) is 40.4 Å². The number of aromatic nitrogens is 5. The predicted molar refractivity (Wildman–Crippen MR) is 119 cm³/mol. The largest absolute Gasteiger partial charge is 0.416 e. The van der Waals surface area contributed by atoms with Crippen molar-refractivity contribution in [3.05, 3.63) is 94.4 Å². The van der Waals surface area contributed by atoms with Gasteiger partial charge in [0.25, 0.3) is 0 Å². The molecule has 0 bridgehead atoms. The monoisotopic (exact) mass is 505 g/mol. The fraction of sp³-hybridized carbons (Fsp3) is 0.208. The van der Waals surface area contributed by atoms with Gasteiger partial charge in [-0.2, -0.15) is 26.3 Å². The summed E-state index contributed by atoms with van der Waals surface area (Å²) >= 11 is 0. The first kappa shape index (κ1) is 23.6. The van der Waals surface area contributed by atoms with Crippen LogP contribution in [0.3, 0.4) is 0 Å². The molecule has 186 valence electrons. The molecule has 0 aliphatic rings. The minimum Gasteiger partial charge on any atom is -0.322 e. The second-order valence-electron chi connectivity index (χ2n) is 8.23. The van der Waals surface area contributed by atoms with E-state index in [1.807, 2.05) is 0 Å². The van der Waals surface area contributed by atoms with Crippen molar-refractivity contribution >= 4 is 22.1 Å². The van der Waals surface area contributed by atoms with Crippen molar-refractivity contribution in [1.82, 2.24) is 23.7 Å². The standard InChI is InChI=1S/C24H17F6N5O/c25-23(26,27)14-35-19-9-10-31-11-20(19)34(22(35)36)13-21-32-17-3-1-2-4-18(17)33(21)12-15-5-7-16(8-6-15)24(28,29)30/h1-11H,12-14H2. The van der Waals surface area contributed by atoms with E-state index in [2.05, 4.69) is 9.97 Å². The van der Waals surface area contributed by atoms with E-state index in [0.29, 0.717) is 27.0 Å². The molecule has 5 rings (SSSR count). The summed E-state index contributed by atoms with van der Waals surface area (Å²) in [5.74, 6) is 0.355. The van der Waals surface area contributed by atoms with E-state index in [1.54, 1.807) is 28.8 Å². The number of alkyl halides is 6. The van der Waals surface area contributed by atoms with Gasteiger partial charge in [-0.05, 0) is 35.9 Å². The number of pyridine rings is 1. The number of rotatable bonds is 5. The molecule has 36 heavy (non-hydrogen) atoms. The summed E-state index contributed by atoms with van der Waals surface area (Å²) in [5, 5.41) is 0. The molecule has 0 N–H and O–H groups in total. The summed E-state index contributed by atoms with van der Waals surface area (Å²) in [6, 6.07) is 13.0. The maximum atomic E-state index is 13.2. The molecule has 0 spiro atoms. The molecule has 0 saturated heterocycles. The number of para-hydroxylation sites is 2. The molecule has 6 nitrogen and oxygen atoms in total. The first-order valence-corrected chi connectivity index (χ1v) is 10.7. The minimum atomic E-state index is -4.61. The lowest BCUT2D eigenvalue weighted by atomic mass is 10.1. The molecule has 3 heterocycles. The highest BCUT2D eigenvalue weighted by Gasteiger charge is 2.31. The lowest BCUT2D eigenvalue weighted by Gasteiger charge is -2.12. The van der Waals surface area contributed by atoms with Gasteiger partial charge in [-0.25, -0.2) is 9.78 Å². The van der Waals surface area contributed by atoms with Crippen LogP contribution < -0.4 is 5.69 Å². The smallest absolute Gasteiger partial charge is 0.322 e. The van der Waals surface area contributed by atoms with Crippen molar-refractivity contribution in [2.75, 3.05) is 0 Å². The van der Waals surface area contributed by atoms with Crippen LogP contribution >= 0.6 is 0 Å². The molecule has 12 heteroatoms. The molecule has 0 atom stereocenters. The van der Waals surface area contributed by atoms with Crippen LogP contribution in [0.5, 0.6) is 0 Å². The zero-order chi connectivity index (χ0) is 25.7. The molecule has 0 saturated carbocycles. The molecular formula is C24H17F6N5O. The highest BCUT2D eigenvalue weighted by atomic mass is 19.4. The Hall–Kier alpha value is -4.09. The van der Waals surface area contributed by atoms with Gasteiger partial charge in [0.1, 0.15) is 12.4 Å². The fourth-order valence-electron chi connectivity index (χ4n) is 4.20. The highest BCUT2D eigenvalue weighted by Crippen LogP contribution is 2.29. The van der Waals surface area contributed by atoms with Crippen LogP contribution in [-0.2, 0) is 25.8 Å². The second kappa shape index (κ2) is 8.54. The van der Waals surface area contributed by atoms with Gasteiger partial charge in [-0.3, -0.25) is 14.1 Å². The number of benzene rings is 2. The topological polar surface area (TPSA) is 57.6 Å². The summed E-state index contributed by atoms with van der Waals surface area (Å²) < 4.78 is 81.9. The number of imidazole rings is 2. The van der Waals surface area contributed by atoms with E-state index in [1.165, 1.54) is 35.2 Å². The number of hydrogen-bond acceptors (Lipinski definition) is 3. The maximum Gasteiger partial charge on any atom is 0.416 e. The quantitative estimate of drug-likeness (QED) is 0.308. The molecular weight excluding hydrogens is 488 g/mol. The van der Waals surface area contributed by atoms with Crippen LogP contribution in [0.25, 0.3) is 22.1 Å². The average Bonchev–Trinajstić information content (AvgIpc) is 3.29. The fourth-order valence-corrected chi connectivity index (χ4v) is 4.20. The van der Waals surface area contributed by atoms with Crippen molar-refractivity contribution in [1.29, 1.82) is 0 Å². The zero-order valence-electron chi connectivity index (χ0n) is 18.4. The van der Waals surface area contributed by atoms with E-state index in [9.17, 15) is 31.1 Å². The summed E-state index contributed by atoms with van der Waals surface area (Å²) in [4.78, 5) is 21.6. The Morgan fingerprint density at radius 1 is 0.750 bits per heavy atom. The first-order valence-electron chi connectivity index (χ1n) is 10.7. The van der Waals surface area contributed by atoms with Crippen LogP contribution in [0.15, 0.2) is 71.8 Å². The Balaban J connectivity index is 1.59. The van der Waals surface area contributed by atoms with Crippen LogP contribution in [0.4, 0.5) is 26.3 Å². The molecule has 5 aromatic rings. The van der Waals surface area contributed by atoms with Crippen LogP contribution in [0.2, 0.25) is 0 Å². The van der Waals surface area contributed by atoms with Crippen LogP contribution in [0, 0.1) is 0 Å². The van der Waals surface area contributed by atoms with Gasteiger partial charge < -0.3 is 4.57 Å². The lowest BCUT2D eigenvalue weighted by Crippen LogP contribution is -2.30. The molecule has 0 fully saturated rings. The molecule has 0 amide bonds. The lowest BCUT2D eigenvalue weighted by molar-refractivity contribution is -0.140. The van der Waals surface area contributed by atoms with E-state index >= 15 is 0 Å². The van der Waals surface area contributed by atoms with Crippen molar-refractivity contribution in [3.63, 3.8) is 0 Å². The van der Waals surface area contributed by atoms with Crippen LogP contribution in [0.1, 0.15) is 17.0 Å². The molecule has 0 aliphatic heterocycles. The Labute approximate surface area is 199 Å². The van der Waals surface area contributed by atoms with Gasteiger partial charge in [-0.1, -0.05) is 24.3 Å². The Kier molecular flexibility index (Phi) is 5.61. The highest BCUT2D eigenvalue weighted by molar-refractivity contribution is 5.77. The van der Waals surface area contributed by atoms with E-state index in [4.69, 9.17) is 0 Å². The summed E-state index contributed by atoms with van der Waals surface area (Å²) in [7, 11) is 0. The van der Waals surface area contributed by atoms with E-state index < -0.39 is 30.2 Å². The second-order valence-corrected chi connectivity index (χ2v) is 8.23. The number of fused-ring (bicyclic) bond motifs is 2. The van der Waals surface area contributed by atoms with Gasteiger partial charge in [-0.15, -0.1) is 0 Å². The number of halogens is 6. The van der Waals surface area contributed by atoms with Crippen molar-refractivity contribution in [3.8, 4) is 0 Å². The molecule has 0 aliphatic carbocycles. The molecule has 0 radical (unpaired) electrons. The van der Waals surface area contributed by atoms with Gasteiger partial charge in [0, 0.05) is 12.7 Å². The maximum absolute atomic E-state index is 13.2. The van der Waals surface area contributed by atoms with Crippen LogP contribution in [-0.4, -0.2) is 29.8 Å². The normalized spacial score (nSPS) is 12.6. The van der Waals surface area contributed by atoms with Gasteiger partial charge >= 0.3 is 18.0 Å². The summed E-state index contributed by atoms with van der Waals surface area (Å²) in [6.07, 6.45) is -6.46. The Bertz CT molecular complexity index is 1610. The van der Waals surface area contributed by atoms with Crippen molar-refractivity contribution in [2.45, 2.75) is 32.0 Å². The molecule has 3 aromatic heterocycles. The molecule has 0 unspecified atom stereocenters. The van der Waals surface area contributed by atoms with Crippen molar-refractivity contribution < 1.29 is 26.3 Å².